The molecule has 2 aliphatic carbocycles. The highest BCUT2D eigenvalue weighted by Crippen LogP contribution is 2.64. The van der Waals surface area contributed by atoms with Gasteiger partial charge in [0, 0.05) is 5.92 Å². The smallest absolute Gasteiger partial charge is 0.416 e. The Morgan fingerprint density at radius 2 is 1.46 bits per heavy atom. The third-order valence-corrected chi connectivity index (χ3v) is 10.8. The molecule has 4 amide bonds. The molecular formula is C35H24ClF7N2O5. The van der Waals surface area contributed by atoms with E-state index in [0.717, 1.165) is 17.0 Å². The Balaban J connectivity index is 1.35. The van der Waals surface area contributed by atoms with E-state index in [0.29, 0.717) is 28.2 Å². The molecule has 6 atom stereocenters. The lowest BCUT2D eigenvalue weighted by atomic mass is 9.51. The third-order valence-electron chi connectivity index (χ3n) is 10.5. The van der Waals surface area contributed by atoms with Crippen LogP contribution in [-0.4, -0.2) is 28.7 Å². The molecule has 0 unspecified atom stereocenters. The van der Waals surface area contributed by atoms with Crippen LogP contribution in [-0.2, 0) is 31.5 Å². The molecule has 4 aliphatic rings. The maximum Gasteiger partial charge on any atom is 0.416 e. The molecule has 50 heavy (non-hydrogen) atoms. The van der Waals surface area contributed by atoms with Gasteiger partial charge in [0.05, 0.1) is 50.7 Å². The van der Waals surface area contributed by atoms with Gasteiger partial charge in [-0.1, -0.05) is 35.4 Å². The summed E-state index contributed by atoms with van der Waals surface area (Å²) < 4.78 is 96.4. The maximum atomic E-state index is 14.4. The number of halogens is 8. The molecule has 7 rings (SSSR count). The second-order valence-electron chi connectivity index (χ2n) is 13.1. The van der Waals surface area contributed by atoms with Gasteiger partial charge in [-0.2, -0.15) is 26.3 Å². The van der Waals surface area contributed by atoms with Crippen molar-refractivity contribution in [3.63, 3.8) is 0 Å². The molecule has 1 saturated carbocycles. The summed E-state index contributed by atoms with van der Waals surface area (Å²) in [6, 6.07) is 9.69. The molecule has 3 fully saturated rings. The molecule has 2 saturated heterocycles. The molecule has 2 heterocycles. The van der Waals surface area contributed by atoms with Crippen molar-refractivity contribution in [2.24, 2.45) is 29.1 Å². The van der Waals surface area contributed by atoms with E-state index < -0.39 is 93.6 Å². The zero-order valence-corrected chi connectivity index (χ0v) is 26.4. The Bertz CT molecular complexity index is 2010. The summed E-state index contributed by atoms with van der Waals surface area (Å²) in [7, 11) is 0. The standard InChI is InChI=1S/C35H24ClF7N2O5/c1-33-24(30(48)45(32(33)50)18-5-8-26(37)25(36)13-18)14-23-21(28(33)15-3-2-4-20(46)9-15)6-7-22-27(23)31(49)44(29(22)47)19-11-16(34(38,39)40)10-17(12-19)35(41,42)43/h2-6,8-13,22-24,27-28,46H,7,14H2,1H3/t22-,23+,24-,27-,28-,33+/m0/s1. The van der Waals surface area contributed by atoms with Gasteiger partial charge in [0.2, 0.25) is 23.6 Å². The molecule has 0 bridgehead atoms. The number of alkyl halides is 6. The number of rotatable bonds is 3. The van der Waals surface area contributed by atoms with Crippen LogP contribution in [0.25, 0.3) is 0 Å². The van der Waals surface area contributed by atoms with Crippen molar-refractivity contribution in [1.82, 2.24) is 0 Å². The summed E-state index contributed by atoms with van der Waals surface area (Å²) in [5.41, 5.74) is -5.03. The normalized spacial score (nSPS) is 28.1. The van der Waals surface area contributed by atoms with Crippen LogP contribution in [0.1, 0.15) is 42.4 Å². The van der Waals surface area contributed by atoms with Crippen LogP contribution in [0.4, 0.5) is 42.1 Å². The van der Waals surface area contributed by atoms with Gasteiger partial charge in [-0.25, -0.2) is 14.2 Å². The number of phenols is 1. The highest BCUT2D eigenvalue weighted by atomic mass is 35.5. The van der Waals surface area contributed by atoms with E-state index in [1.807, 2.05) is 0 Å². The zero-order chi connectivity index (χ0) is 36.2. The van der Waals surface area contributed by atoms with E-state index in [1.54, 1.807) is 19.1 Å². The molecule has 1 N–H and O–H groups in total. The average molecular weight is 721 g/mol. The van der Waals surface area contributed by atoms with Crippen molar-refractivity contribution >= 4 is 46.6 Å². The van der Waals surface area contributed by atoms with Gasteiger partial charge in [-0.3, -0.25) is 19.2 Å². The topological polar surface area (TPSA) is 95.0 Å². The number of amides is 4. The summed E-state index contributed by atoms with van der Waals surface area (Å²) in [5.74, 6) is -9.98. The van der Waals surface area contributed by atoms with Crippen LogP contribution in [0.5, 0.6) is 5.75 Å². The lowest BCUT2D eigenvalue weighted by Crippen LogP contribution is -2.48. The molecule has 0 aromatic heterocycles. The van der Waals surface area contributed by atoms with E-state index in [2.05, 4.69) is 0 Å². The number of carbonyl (C=O) groups excluding carboxylic acids is 4. The largest absolute Gasteiger partial charge is 0.508 e. The van der Waals surface area contributed by atoms with Gasteiger partial charge in [0.1, 0.15) is 11.6 Å². The number of anilines is 2. The minimum atomic E-state index is -5.23. The van der Waals surface area contributed by atoms with E-state index in [4.69, 9.17) is 11.6 Å². The number of aromatic hydroxyl groups is 1. The molecule has 0 spiro atoms. The first-order chi connectivity index (χ1) is 23.3. The summed E-state index contributed by atoms with van der Waals surface area (Å²) >= 11 is 5.98. The predicted octanol–water partition coefficient (Wildman–Crippen LogP) is 7.66. The van der Waals surface area contributed by atoms with Gasteiger partial charge in [-0.15, -0.1) is 0 Å². The highest BCUT2D eigenvalue weighted by Gasteiger charge is 2.67. The van der Waals surface area contributed by atoms with E-state index in [9.17, 15) is 55.0 Å². The number of phenolic OH excluding ortho intramolecular Hbond substituents is 1. The van der Waals surface area contributed by atoms with Crippen LogP contribution >= 0.6 is 11.6 Å². The second-order valence-corrected chi connectivity index (χ2v) is 13.5. The number of hydrogen-bond acceptors (Lipinski definition) is 5. The summed E-state index contributed by atoms with van der Waals surface area (Å²) in [6.45, 7) is 1.55. The lowest BCUT2D eigenvalue weighted by Gasteiger charge is -2.49. The fourth-order valence-corrected chi connectivity index (χ4v) is 8.47. The predicted molar refractivity (Wildman–Crippen MR) is 163 cm³/mol. The van der Waals surface area contributed by atoms with Crippen LogP contribution in [0.2, 0.25) is 5.02 Å². The van der Waals surface area contributed by atoms with Crippen molar-refractivity contribution in [3.8, 4) is 5.75 Å². The van der Waals surface area contributed by atoms with E-state index in [1.165, 1.54) is 24.3 Å². The second kappa shape index (κ2) is 11.1. The lowest BCUT2D eigenvalue weighted by molar-refractivity contribution is -0.143. The molecule has 15 heteroatoms. The van der Waals surface area contributed by atoms with Gasteiger partial charge in [0.25, 0.3) is 0 Å². The van der Waals surface area contributed by atoms with Crippen molar-refractivity contribution < 1.29 is 55.0 Å². The fraction of sp³-hybridized carbons (Fsp3) is 0.314. The van der Waals surface area contributed by atoms with Crippen LogP contribution in [0.15, 0.2) is 72.3 Å². The summed E-state index contributed by atoms with van der Waals surface area (Å²) in [6.07, 6.45) is -9.17. The minimum absolute atomic E-state index is 0.0187. The number of imide groups is 2. The number of benzene rings is 3. The highest BCUT2D eigenvalue weighted by molar-refractivity contribution is 6.32. The number of hydrogen-bond donors (Lipinski definition) is 1. The average Bonchev–Trinajstić information content (AvgIpc) is 3.40. The Labute approximate surface area is 283 Å². The molecular weight excluding hydrogens is 697 g/mol. The first-order valence-corrected chi connectivity index (χ1v) is 15.7. The zero-order valence-electron chi connectivity index (χ0n) is 25.7. The third kappa shape index (κ3) is 4.93. The first-order valence-electron chi connectivity index (χ1n) is 15.3. The molecule has 2 aliphatic heterocycles. The van der Waals surface area contributed by atoms with Crippen LogP contribution in [0.3, 0.4) is 0 Å². The maximum absolute atomic E-state index is 14.4. The summed E-state index contributed by atoms with van der Waals surface area (Å²) in [5, 5.41) is 10.1. The SMILES string of the molecule is C[C@@]12C(=O)N(c3ccc(F)c(Cl)c3)C(=O)[C@@H]1C[C@@H]1C(=CC[C@@H]3C(=O)N(c4cc(C(F)(F)F)cc(C(F)(F)F)c4)C(=O)[C@@H]31)[C@@H]2c1cccc(O)c1. The molecule has 260 valence electrons. The number of nitrogens with zero attached hydrogens (tertiary/aromatic N) is 2. The number of carbonyl (C=O) groups is 4. The Hall–Kier alpha value is -4.72. The molecule has 3 aromatic carbocycles. The molecule has 3 aromatic rings. The minimum Gasteiger partial charge on any atom is -0.508 e. The van der Waals surface area contributed by atoms with Crippen molar-refractivity contribution in [2.45, 2.75) is 38.0 Å². The Morgan fingerprint density at radius 3 is 2.06 bits per heavy atom. The van der Waals surface area contributed by atoms with Crippen LogP contribution < -0.4 is 9.80 Å². The van der Waals surface area contributed by atoms with Crippen molar-refractivity contribution in [3.05, 3.63) is 99.8 Å². The molecule has 7 nitrogen and oxygen atoms in total. The molecule has 0 radical (unpaired) electrons. The van der Waals surface area contributed by atoms with Crippen molar-refractivity contribution in [1.29, 1.82) is 0 Å². The van der Waals surface area contributed by atoms with Gasteiger partial charge < -0.3 is 5.11 Å². The van der Waals surface area contributed by atoms with Crippen molar-refractivity contribution in [2.75, 3.05) is 9.80 Å². The number of fused-ring (bicyclic) bond motifs is 4. The van der Waals surface area contributed by atoms with E-state index >= 15 is 0 Å². The van der Waals surface area contributed by atoms with Crippen LogP contribution in [0, 0.1) is 34.9 Å². The van der Waals surface area contributed by atoms with Gasteiger partial charge in [0.15, 0.2) is 0 Å². The first kappa shape index (κ1) is 33.8. The number of allylic oxidation sites excluding steroid dienone is 2. The Morgan fingerprint density at radius 1 is 0.800 bits per heavy atom. The monoisotopic (exact) mass is 720 g/mol. The van der Waals surface area contributed by atoms with Gasteiger partial charge in [-0.05, 0) is 79.8 Å². The van der Waals surface area contributed by atoms with Gasteiger partial charge >= 0.3 is 12.4 Å². The quantitative estimate of drug-likeness (QED) is 0.170. The fourth-order valence-electron chi connectivity index (χ4n) is 8.29. The summed E-state index contributed by atoms with van der Waals surface area (Å²) in [4.78, 5) is 57.7. The van der Waals surface area contributed by atoms with E-state index in [-0.39, 0.29) is 35.4 Å². The Kier molecular flexibility index (Phi) is 7.52.